The van der Waals surface area contributed by atoms with Crippen LogP contribution in [0.3, 0.4) is 0 Å². The van der Waals surface area contributed by atoms with Gasteiger partial charge in [0.15, 0.2) is 6.61 Å². The van der Waals surface area contributed by atoms with Crippen molar-refractivity contribution >= 4 is 50.3 Å². The minimum absolute atomic E-state index is 0.0607. The Bertz CT molecular complexity index is 1190. The molecule has 30 heavy (non-hydrogen) atoms. The molecule has 1 heterocycles. The number of aromatic amines is 1. The van der Waals surface area contributed by atoms with Gasteiger partial charge >= 0.3 is 5.97 Å². The summed E-state index contributed by atoms with van der Waals surface area (Å²) in [6, 6.07) is 13.3. The van der Waals surface area contributed by atoms with Crippen LogP contribution in [-0.2, 0) is 14.3 Å². The van der Waals surface area contributed by atoms with Gasteiger partial charge in [0, 0.05) is 27.1 Å². The molecular formula is C21H18BrN3O5. The zero-order valence-corrected chi connectivity index (χ0v) is 17.5. The van der Waals surface area contributed by atoms with E-state index in [1.54, 1.807) is 36.4 Å². The number of hydrogen-bond donors (Lipinski definition) is 3. The van der Waals surface area contributed by atoms with Gasteiger partial charge in [-0.3, -0.25) is 14.4 Å². The zero-order valence-electron chi connectivity index (χ0n) is 16.0. The molecule has 0 aliphatic heterocycles. The van der Waals surface area contributed by atoms with Crippen LogP contribution in [0.2, 0.25) is 0 Å². The van der Waals surface area contributed by atoms with Crippen LogP contribution < -0.4 is 16.2 Å². The second kappa shape index (κ2) is 9.36. The van der Waals surface area contributed by atoms with Crippen LogP contribution >= 0.6 is 15.9 Å². The fraction of sp³-hybridized carbons (Fsp3) is 0.143. The van der Waals surface area contributed by atoms with Gasteiger partial charge in [0.2, 0.25) is 11.5 Å². The van der Waals surface area contributed by atoms with Crippen LogP contribution in [0.25, 0.3) is 10.9 Å². The number of esters is 1. The van der Waals surface area contributed by atoms with Crippen molar-refractivity contribution in [3.63, 3.8) is 0 Å². The number of carbonyl (C=O) groups excluding carboxylic acids is 3. The normalized spacial score (nSPS) is 10.5. The number of H-pyrrole nitrogens is 1. The number of rotatable bonds is 6. The van der Waals surface area contributed by atoms with Gasteiger partial charge in [0.1, 0.15) is 0 Å². The monoisotopic (exact) mass is 471 g/mol. The molecule has 0 bridgehead atoms. The van der Waals surface area contributed by atoms with Gasteiger partial charge in [0.05, 0.1) is 12.1 Å². The third-order valence-electron chi connectivity index (χ3n) is 4.21. The molecule has 0 saturated heterocycles. The SMILES string of the molecule is Cc1cc(Br)ccc1NC(=O)CNC(=O)COC(=O)c1cc(=O)[nH]c2ccccc12. The molecule has 0 atom stereocenters. The highest BCUT2D eigenvalue weighted by molar-refractivity contribution is 9.10. The number of para-hydroxylation sites is 1. The van der Waals surface area contributed by atoms with Crippen LogP contribution in [0, 0.1) is 6.92 Å². The number of carbonyl (C=O) groups is 3. The number of aromatic nitrogens is 1. The first-order valence-electron chi connectivity index (χ1n) is 8.95. The summed E-state index contributed by atoms with van der Waals surface area (Å²) in [6.07, 6.45) is 0. The van der Waals surface area contributed by atoms with Crippen LogP contribution in [0.4, 0.5) is 5.69 Å². The maximum Gasteiger partial charge on any atom is 0.339 e. The number of amides is 2. The van der Waals surface area contributed by atoms with Gasteiger partial charge in [-0.2, -0.15) is 0 Å². The van der Waals surface area contributed by atoms with E-state index in [1.165, 1.54) is 0 Å². The van der Waals surface area contributed by atoms with Crippen molar-refractivity contribution in [1.82, 2.24) is 10.3 Å². The lowest BCUT2D eigenvalue weighted by Crippen LogP contribution is -2.35. The Labute approximate surface area is 179 Å². The van der Waals surface area contributed by atoms with Crippen molar-refractivity contribution in [3.05, 3.63) is 74.5 Å². The van der Waals surface area contributed by atoms with E-state index in [9.17, 15) is 19.2 Å². The van der Waals surface area contributed by atoms with Crippen molar-refractivity contribution in [2.45, 2.75) is 6.92 Å². The molecule has 0 aliphatic rings. The predicted molar refractivity (Wildman–Crippen MR) is 115 cm³/mol. The van der Waals surface area contributed by atoms with Crippen LogP contribution in [0.1, 0.15) is 15.9 Å². The summed E-state index contributed by atoms with van der Waals surface area (Å²) in [5.41, 5.74) is 1.59. The highest BCUT2D eigenvalue weighted by Gasteiger charge is 2.15. The topological polar surface area (TPSA) is 117 Å². The molecule has 154 valence electrons. The van der Waals surface area contributed by atoms with Gasteiger partial charge < -0.3 is 20.4 Å². The number of hydrogen-bond acceptors (Lipinski definition) is 5. The third kappa shape index (κ3) is 5.32. The molecular weight excluding hydrogens is 454 g/mol. The first-order valence-corrected chi connectivity index (χ1v) is 9.74. The minimum atomic E-state index is -0.803. The smallest absolute Gasteiger partial charge is 0.339 e. The lowest BCUT2D eigenvalue weighted by molar-refractivity contribution is -0.126. The number of halogens is 1. The molecule has 0 saturated carbocycles. The molecule has 3 rings (SSSR count). The Kier molecular flexibility index (Phi) is 6.63. The summed E-state index contributed by atoms with van der Waals surface area (Å²) in [5.74, 6) is -1.86. The Morgan fingerprint density at radius 3 is 2.60 bits per heavy atom. The average Bonchev–Trinajstić information content (AvgIpc) is 2.71. The quantitative estimate of drug-likeness (QED) is 0.477. The first kappa shape index (κ1) is 21.3. The Hall–Kier alpha value is -3.46. The molecule has 0 unspecified atom stereocenters. The van der Waals surface area contributed by atoms with Gasteiger partial charge in [-0.1, -0.05) is 34.1 Å². The van der Waals surface area contributed by atoms with E-state index in [-0.39, 0.29) is 12.1 Å². The second-order valence-corrected chi connectivity index (χ2v) is 7.37. The van der Waals surface area contributed by atoms with E-state index in [1.807, 2.05) is 13.0 Å². The van der Waals surface area contributed by atoms with E-state index in [2.05, 4.69) is 31.5 Å². The van der Waals surface area contributed by atoms with Gasteiger partial charge in [-0.15, -0.1) is 0 Å². The lowest BCUT2D eigenvalue weighted by Gasteiger charge is -2.10. The lowest BCUT2D eigenvalue weighted by atomic mass is 10.1. The standard InChI is InChI=1S/C21H18BrN3O5/c1-12-8-13(22)6-7-16(12)24-19(27)10-23-20(28)11-30-21(29)15-9-18(26)25-17-5-3-2-4-14(15)17/h2-9H,10-11H2,1H3,(H,23,28)(H,24,27)(H,25,26). The summed E-state index contributed by atoms with van der Waals surface area (Å²) < 4.78 is 5.89. The molecule has 1 aromatic heterocycles. The third-order valence-corrected chi connectivity index (χ3v) is 4.71. The maximum atomic E-state index is 12.3. The summed E-state index contributed by atoms with van der Waals surface area (Å²) in [4.78, 5) is 50.6. The van der Waals surface area contributed by atoms with Gasteiger partial charge in [-0.05, 0) is 36.8 Å². The fourth-order valence-corrected chi connectivity index (χ4v) is 3.25. The predicted octanol–water partition coefficient (Wildman–Crippen LogP) is 2.51. The molecule has 0 spiro atoms. The Morgan fingerprint density at radius 2 is 1.83 bits per heavy atom. The molecule has 3 N–H and O–H groups in total. The molecule has 0 fully saturated rings. The van der Waals surface area contributed by atoms with Crippen molar-refractivity contribution in [1.29, 1.82) is 0 Å². The zero-order chi connectivity index (χ0) is 21.7. The van der Waals surface area contributed by atoms with Crippen LogP contribution in [0.5, 0.6) is 0 Å². The van der Waals surface area contributed by atoms with E-state index in [0.29, 0.717) is 16.6 Å². The largest absolute Gasteiger partial charge is 0.452 e. The van der Waals surface area contributed by atoms with E-state index in [0.717, 1.165) is 16.1 Å². The summed E-state index contributed by atoms with van der Waals surface area (Å²) in [5, 5.41) is 5.58. The maximum absolute atomic E-state index is 12.3. The van der Waals surface area contributed by atoms with E-state index >= 15 is 0 Å². The number of fused-ring (bicyclic) bond motifs is 1. The molecule has 9 heteroatoms. The van der Waals surface area contributed by atoms with Crippen molar-refractivity contribution in [2.24, 2.45) is 0 Å². The highest BCUT2D eigenvalue weighted by Crippen LogP contribution is 2.19. The van der Waals surface area contributed by atoms with Gasteiger partial charge in [0.25, 0.3) is 5.91 Å². The second-order valence-electron chi connectivity index (χ2n) is 6.45. The van der Waals surface area contributed by atoms with Crippen molar-refractivity contribution in [3.8, 4) is 0 Å². The number of nitrogens with one attached hydrogen (secondary N) is 3. The first-order chi connectivity index (χ1) is 14.3. The number of anilines is 1. The molecule has 0 radical (unpaired) electrons. The van der Waals surface area contributed by atoms with Crippen molar-refractivity contribution in [2.75, 3.05) is 18.5 Å². The average molecular weight is 472 g/mol. The number of benzene rings is 2. The number of pyridine rings is 1. The molecule has 2 amide bonds. The summed E-state index contributed by atoms with van der Waals surface area (Å²) in [7, 11) is 0. The Morgan fingerprint density at radius 1 is 1.07 bits per heavy atom. The van der Waals surface area contributed by atoms with E-state index < -0.39 is 29.9 Å². The minimum Gasteiger partial charge on any atom is -0.452 e. The molecule has 2 aromatic carbocycles. The summed E-state index contributed by atoms with van der Waals surface area (Å²) >= 11 is 3.34. The van der Waals surface area contributed by atoms with Crippen molar-refractivity contribution < 1.29 is 19.1 Å². The molecule has 8 nitrogen and oxygen atoms in total. The fourth-order valence-electron chi connectivity index (χ4n) is 2.77. The number of ether oxygens (including phenoxy) is 1. The van der Waals surface area contributed by atoms with Gasteiger partial charge in [-0.25, -0.2) is 4.79 Å². The van der Waals surface area contributed by atoms with E-state index in [4.69, 9.17) is 4.74 Å². The van der Waals surface area contributed by atoms with Crippen LogP contribution in [-0.4, -0.2) is 35.9 Å². The Balaban J connectivity index is 1.53. The molecule has 0 aliphatic carbocycles. The highest BCUT2D eigenvalue weighted by atomic mass is 79.9. The van der Waals surface area contributed by atoms with Crippen LogP contribution in [0.15, 0.2) is 57.8 Å². The number of aryl methyl sites for hydroxylation is 1. The molecule has 3 aromatic rings. The summed E-state index contributed by atoms with van der Waals surface area (Å²) in [6.45, 7) is 0.987.